The van der Waals surface area contributed by atoms with Crippen LogP contribution in [0.2, 0.25) is 0 Å². The first-order chi connectivity index (χ1) is 12.8. The first-order valence-electron chi connectivity index (χ1n) is 7.97. The second-order valence-electron chi connectivity index (χ2n) is 5.51. The van der Waals surface area contributed by atoms with Crippen molar-refractivity contribution in [2.24, 2.45) is 0 Å². The van der Waals surface area contributed by atoms with Crippen LogP contribution < -0.4 is 14.2 Å². The van der Waals surface area contributed by atoms with E-state index in [0.29, 0.717) is 28.7 Å². The van der Waals surface area contributed by atoms with E-state index in [1.807, 2.05) is 30.3 Å². The highest BCUT2D eigenvalue weighted by Gasteiger charge is 2.16. The van der Waals surface area contributed by atoms with E-state index in [9.17, 15) is 4.79 Å². The number of hydrogen-bond acceptors (Lipinski definition) is 7. The summed E-state index contributed by atoms with van der Waals surface area (Å²) in [6.45, 7) is 0.0450. The zero-order valence-electron chi connectivity index (χ0n) is 13.7. The molecule has 0 saturated carbocycles. The molecule has 2 heterocycles. The number of aromatic nitrogens is 1. The third kappa shape index (κ3) is 3.61. The Hall–Kier alpha value is -3.48. The summed E-state index contributed by atoms with van der Waals surface area (Å²) in [6.07, 6.45) is 0. The number of carbonyl (C=O) groups excluding carboxylic acids is 1. The van der Waals surface area contributed by atoms with Gasteiger partial charge in [0, 0.05) is 11.6 Å². The minimum atomic E-state index is -0.485. The number of ether oxygens (including phenoxy) is 4. The van der Waals surface area contributed by atoms with Crippen LogP contribution in [0, 0.1) is 0 Å². The Morgan fingerprint density at radius 1 is 1.04 bits per heavy atom. The molecule has 26 heavy (non-hydrogen) atoms. The number of hydrogen-bond donors (Lipinski definition) is 0. The summed E-state index contributed by atoms with van der Waals surface area (Å²) < 4.78 is 26.4. The number of nitrogens with zero attached hydrogens (tertiary/aromatic N) is 1. The van der Waals surface area contributed by atoms with Gasteiger partial charge in [0.2, 0.25) is 6.79 Å². The molecule has 132 valence electrons. The largest absolute Gasteiger partial charge is 0.482 e. The van der Waals surface area contributed by atoms with Crippen LogP contribution >= 0.6 is 0 Å². The number of carbonyl (C=O) groups is 1. The summed E-state index contributed by atoms with van der Waals surface area (Å²) in [6, 6.07) is 16.2. The molecule has 0 aliphatic carbocycles. The van der Waals surface area contributed by atoms with E-state index in [-0.39, 0.29) is 20.0 Å². The molecule has 3 aromatic rings. The maximum atomic E-state index is 11.8. The van der Waals surface area contributed by atoms with Gasteiger partial charge < -0.3 is 23.5 Å². The predicted molar refractivity (Wildman–Crippen MR) is 89.8 cm³/mol. The van der Waals surface area contributed by atoms with E-state index in [1.165, 1.54) is 0 Å². The molecule has 0 radical (unpaired) electrons. The number of benzene rings is 2. The zero-order chi connectivity index (χ0) is 17.8. The second kappa shape index (κ2) is 7.18. The van der Waals surface area contributed by atoms with Crippen molar-refractivity contribution in [2.75, 3.05) is 13.4 Å². The first kappa shape index (κ1) is 16.0. The molecule has 0 atom stereocenters. The van der Waals surface area contributed by atoms with Crippen molar-refractivity contribution in [3.8, 4) is 28.6 Å². The van der Waals surface area contributed by atoms with Crippen LogP contribution in [0.5, 0.6) is 17.2 Å². The molecule has 4 rings (SSSR count). The molecule has 1 aliphatic heterocycles. The van der Waals surface area contributed by atoms with Crippen molar-refractivity contribution in [3.05, 3.63) is 60.3 Å². The summed E-state index contributed by atoms with van der Waals surface area (Å²) in [5.74, 6) is 2.03. The zero-order valence-corrected chi connectivity index (χ0v) is 13.7. The van der Waals surface area contributed by atoms with Gasteiger partial charge in [-0.1, -0.05) is 23.4 Å². The lowest BCUT2D eigenvalue weighted by Gasteiger charge is -2.05. The third-order valence-corrected chi connectivity index (χ3v) is 3.70. The number of esters is 1. The summed E-state index contributed by atoms with van der Waals surface area (Å²) in [4.78, 5) is 11.8. The topological polar surface area (TPSA) is 80.0 Å². The Balaban J connectivity index is 1.31. The fraction of sp³-hybridized carbons (Fsp3) is 0.158. The van der Waals surface area contributed by atoms with Crippen molar-refractivity contribution in [1.82, 2.24) is 5.16 Å². The Morgan fingerprint density at radius 3 is 2.77 bits per heavy atom. The molecule has 2 aromatic carbocycles. The molecule has 0 spiro atoms. The van der Waals surface area contributed by atoms with E-state index in [2.05, 4.69) is 5.16 Å². The smallest absolute Gasteiger partial charge is 0.344 e. The minimum absolute atomic E-state index is 0.00499. The van der Waals surface area contributed by atoms with Gasteiger partial charge >= 0.3 is 5.97 Å². The predicted octanol–water partition coefficient (Wildman–Crippen LogP) is 3.19. The van der Waals surface area contributed by atoms with Crippen LogP contribution in [0.25, 0.3) is 11.3 Å². The van der Waals surface area contributed by atoms with Crippen LogP contribution in [0.3, 0.4) is 0 Å². The Bertz CT molecular complexity index is 905. The van der Waals surface area contributed by atoms with Crippen LogP contribution in [0.1, 0.15) is 5.69 Å². The summed E-state index contributed by atoms with van der Waals surface area (Å²) >= 11 is 0. The van der Waals surface area contributed by atoms with Crippen molar-refractivity contribution >= 4 is 5.97 Å². The molecule has 0 N–H and O–H groups in total. The van der Waals surface area contributed by atoms with Crippen LogP contribution in [-0.4, -0.2) is 24.5 Å². The van der Waals surface area contributed by atoms with Gasteiger partial charge in [-0.2, -0.15) is 0 Å². The minimum Gasteiger partial charge on any atom is -0.482 e. The summed E-state index contributed by atoms with van der Waals surface area (Å²) in [7, 11) is 0. The number of fused-ring (bicyclic) bond motifs is 1. The van der Waals surface area contributed by atoms with Crippen molar-refractivity contribution in [3.63, 3.8) is 0 Å². The van der Waals surface area contributed by atoms with E-state index in [0.717, 1.165) is 5.56 Å². The van der Waals surface area contributed by atoms with Gasteiger partial charge in [-0.05, 0) is 30.3 Å². The molecule has 0 bridgehead atoms. The van der Waals surface area contributed by atoms with Crippen molar-refractivity contribution < 1.29 is 28.3 Å². The van der Waals surface area contributed by atoms with Crippen LogP contribution in [-0.2, 0) is 16.1 Å². The highest BCUT2D eigenvalue weighted by Crippen LogP contribution is 2.36. The maximum absolute atomic E-state index is 11.8. The molecule has 0 saturated heterocycles. The van der Waals surface area contributed by atoms with E-state index in [1.54, 1.807) is 24.3 Å². The highest BCUT2D eigenvalue weighted by molar-refractivity contribution is 5.71. The number of rotatable bonds is 6. The second-order valence-corrected chi connectivity index (χ2v) is 5.51. The van der Waals surface area contributed by atoms with Gasteiger partial charge in [0.1, 0.15) is 18.1 Å². The van der Waals surface area contributed by atoms with Gasteiger partial charge in [0.25, 0.3) is 0 Å². The molecular formula is C19H15NO6. The lowest BCUT2D eigenvalue weighted by atomic mass is 10.1. The molecular weight excluding hydrogens is 338 g/mol. The van der Waals surface area contributed by atoms with Crippen LogP contribution in [0.15, 0.2) is 59.1 Å². The Morgan fingerprint density at radius 2 is 1.88 bits per heavy atom. The monoisotopic (exact) mass is 353 g/mol. The van der Waals surface area contributed by atoms with Crippen molar-refractivity contribution in [1.29, 1.82) is 0 Å². The van der Waals surface area contributed by atoms with Gasteiger partial charge in [-0.3, -0.25) is 0 Å². The maximum Gasteiger partial charge on any atom is 0.344 e. The molecule has 0 amide bonds. The fourth-order valence-electron chi connectivity index (χ4n) is 2.42. The van der Waals surface area contributed by atoms with E-state index < -0.39 is 5.97 Å². The SMILES string of the molecule is O=C(COc1ccccc1)OCc1cc(-c2ccc3c(c2)OCO3)on1. The molecule has 0 unspecified atom stereocenters. The van der Waals surface area contributed by atoms with E-state index >= 15 is 0 Å². The van der Waals surface area contributed by atoms with Gasteiger partial charge in [-0.15, -0.1) is 0 Å². The van der Waals surface area contributed by atoms with Crippen molar-refractivity contribution in [2.45, 2.75) is 6.61 Å². The van der Waals surface area contributed by atoms with Gasteiger partial charge in [-0.25, -0.2) is 4.79 Å². The fourth-order valence-corrected chi connectivity index (χ4v) is 2.42. The summed E-state index contributed by atoms with van der Waals surface area (Å²) in [5, 5.41) is 3.91. The summed E-state index contributed by atoms with van der Waals surface area (Å²) in [5.41, 5.74) is 1.30. The molecule has 1 aromatic heterocycles. The third-order valence-electron chi connectivity index (χ3n) is 3.70. The quantitative estimate of drug-likeness (QED) is 0.630. The van der Waals surface area contributed by atoms with Gasteiger partial charge in [0.15, 0.2) is 23.9 Å². The Kier molecular flexibility index (Phi) is 4.42. The van der Waals surface area contributed by atoms with Gasteiger partial charge in [0.05, 0.1) is 0 Å². The normalized spacial score (nSPS) is 12.0. The molecule has 7 nitrogen and oxygen atoms in total. The first-order valence-corrected chi connectivity index (χ1v) is 7.97. The molecule has 7 heteroatoms. The Labute approximate surface area is 149 Å². The molecule has 0 fully saturated rings. The van der Waals surface area contributed by atoms with E-state index in [4.69, 9.17) is 23.5 Å². The highest BCUT2D eigenvalue weighted by atomic mass is 16.7. The average Bonchev–Trinajstić information content (AvgIpc) is 3.34. The number of para-hydroxylation sites is 1. The molecule has 1 aliphatic rings. The standard InChI is InChI=1S/C19H15NO6/c21-19(11-22-15-4-2-1-3-5-15)23-10-14-9-17(26-20-14)13-6-7-16-18(8-13)25-12-24-16/h1-9H,10-12H2. The van der Waals surface area contributed by atoms with Crippen LogP contribution in [0.4, 0.5) is 0 Å². The lowest BCUT2D eigenvalue weighted by Crippen LogP contribution is -2.14. The lowest BCUT2D eigenvalue weighted by molar-refractivity contribution is -0.147. The average molecular weight is 353 g/mol.